The topological polar surface area (TPSA) is 97.6 Å². The van der Waals surface area contributed by atoms with E-state index in [1.165, 1.54) is 12.1 Å². The predicted octanol–water partition coefficient (Wildman–Crippen LogP) is 2.38. The van der Waals surface area contributed by atoms with Gasteiger partial charge in [-0.15, -0.1) is 0 Å². The van der Waals surface area contributed by atoms with Gasteiger partial charge in [0.2, 0.25) is 0 Å². The van der Waals surface area contributed by atoms with Crippen LogP contribution in [0.3, 0.4) is 0 Å². The molecule has 7 heteroatoms. The van der Waals surface area contributed by atoms with Gasteiger partial charge in [-0.05, 0) is 13.0 Å². The fourth-order valence-corrected chi connectivity index (χ4v) is 2.59. The summed E-state index contributed by atoms with van der Waals surface area (Å²) in [5.41, 5.74) is 0.598. The summed E-state index contributed by atoms with van der Waals surface area (Å²) in [7, 11) is 0. The van der Waals surface area contributed by atoms with Gasteiger partial charge in [0.05, 0.1) is 17.0 Å². The normalized spacial score (nSPS) is 13.1. The molecule has 3 rings (SSSR count). The molecule has 2 amide bonds. The molecule has 0 radical (unpaired) electrons. The van der Waals surface area contributed by atoms with Gasteiger partial charge in [0.25, 0.3) is 17.5 Å². The second-order valence-corrected chi connectivity index (χ2v) is 5.44. The van der Waals surface area contributed by atoms with Gasteiger partial charge in [-0.1, -0.05) is 35.9 Å². The van der Waals surface area contributed by atoms with Gasteiger partial charge in [0.15, 0.2) is 5.78 Å². The van der Waals surface area contributed by atoms with E-state index in [-0.39, 0.29) is 11.1 Å². The van der Waals surface area contributed by atoms with Gasteiger partial charge in [0.1, 0.15) is 5.56 Å². The van der Waals surface area contributed by atoms with Crippen LogP contribution in [-0.2, 0) is 0 Å². The van der Waals surface area contributed by atoms with Crippen LogP contribution in [0.2, 0.25) is 0 Å². The number of nitro groups is 1. The molecule has 2 aromatic carbocycles. The van der Waals surface area contributed by atoms with Crippen molar-refractivity contribution in [2.75, 3.05) is 6.54 Å². The van der Waals surface area contributed by atoms with Crippen LogP contribution in [0.4, 0.5) is 5.69 Å². The first-order valence-electron chi connectivity index (χ1n) is 7.13. The highest BCUT2D eigenvalue weighted by molar-refractivity contribution is 6.24. The monoisotopic (exact) mass is 324 g/mol. The van der Waals surface area contributed by atoms with Gasteiger partial charge >= 0.3 is 0 Å². The zero-order chi connectivity index (χ0) is 17.4. The predicted molar refractivity (Wildman–Crippen MR) is 84.0 cm³/mol. The van der Waals surface area contributed by atoms with E-state index in [0.717, 1.165) is 16.5 Å². The van der Waals surface area contributed by atoms with Crippen molar-refractivity contribution < 1.29 is 19.3 Å². The Hall–Kier alpha value is -3.35. The van der Waals surface area contributed by atoms with Crippen molar-refractivity contribution in [3.63, 3.8) is 0 Å². The largest absolute Gasteiger partial charge is 0.292 e. The number of imide groups is 1. The number of nitrogens with zero attached hydrogens (tertiary/aromatic N) is 2. The van der Waals surface area contributed by atoms with Crippen LogP contribution < -0.4 is 0 Å². The van der Waals surface area contributed by atoms with E-state index in [4.69, 9.17) is 0 Å². The number of nitro benzene ring substituents is 1. The second kappa shape index (κ2) is 5.69. The molecule has 0 saturated heterocycles. The molecule has 0 aliphatic carbocycles. The van der Waals surface area contributed by atoms with Crippen molar-refractivity contribution >= 4 is 23.3 Å². The maximum absolute atomic E-state index is 12.4. The maximum Gasteiger partial charge on any atom is 0.282 e. The highest BCUT2D eigenvalue weighted by Crippen LogP contribution is 2.30. The fraction of sp³-hybridized carbons (Fsp3) is 0.118. The molecular weight excluding hydrogens is 312 g/mol. The average molecular weight is 324 g/mol. The van der Waals surface area contributed by atoms with Crippen molar-refractivity contribution in [1.82, 2.24) is 4.90 Å². The number of carbonyl (C=O) groups is 3. The van der Waals surface area contributed by atoms with E-state index in [9.17, 15) is 24.5 Å². The summed E-state index contributed by atoms with van der Waals surface area (Å²) in [4.78, 5) is 48.1. The molecule has 120 valence electrons. The molecule has 24 heavy (non-hydrogen) atoms. The van der Waals surface area contributed by atoms with Gasteiger partial charge < -0.3 is 0 Å². The van der Waals surface area contributed by atoms with Gasteiger partial charge in [-0.25, -0.2) is 0 Å². The van der Waals surface area contributed by atoms with E-state index in [2.05, 4.69) is 0 Å². The van der Waals surface area contributed by atoms with Crippen LogP contribution in [0.1, 0.15) is 36.6 Å². The number of aryl methyl sites for hydroxylation is 1. The molecule has 0 N–H and O–H groups in total. The van der Waals surface area contributed by atoms with Crippen molar-refractivity contribution in [2.24, 2.45) is 0 Å². The van der Waals surface area contributed by atoms with Crippen LogP contribution in [0.25, 0.3) is 0 Å². The van der Waals surface area contributed by atoms with E-state index in [1.54, 1.807) is 24.3 Å². The third kappa shape index (κ3) is 2.45. The van der Waals surface area contributed by atoms with E-state index in [0.29, 0.717) is 5.56 Å². The van der Waals surface area contributed by atoms with Crippen LogP contribution in [-0.4, -0.2) is 34.0 Å². The van der Waals surface area contributed by atoms with E-state index >= 15 is 0 Å². The van der Waals surface area contributed by atoms with Crippen LogP contribution in [0.15, 0.2) is 42.5 Å². The summed E-state index contributed by atoms with van der Waals surface area (Å²) < 4.78 is 0. The minimum Gasteiger partial charge on any atom is -0.292 e. The highest BCUT2D eigenvalue weighted by atomic mass is 16.6. The molecule has 0 fully saturated rings. The third-order valence-electron chi connectivity index (χ3n) is 3.85. The molecule has 0 spiro atoms. The first kappa shape index (κ1) is 15.5. The molecule has 0 unspecified atom stereocenters. The highest BCUT2D eigenvalue weighted by Gasteiger charge is 2.41. The Kier molecular flexibility index (Phi) is 3.69. The van der Waals surface area contributed by atoms with E-state index in [1.807, 2.05) is 6.92 Å². The molecule has 1 aliphatic heterocycles. The third-order valence-corrected chi connectivity index (χ3v) is 3.85. The Balaban J connectivity index is 1.91. The lowest BCUT2D eigenvalue weighted by Crippen LogP contribution is -2.35. The Bertz CT molecular complexity index is 886. The molecule has 1 aliphatic rings. The molecular formula is C17H12N2O5. The molecule has 0 bridgehead atoms. The zero-order valence-electron chi connectivity index (χ0n) is 12.7. The smallest absolute Gasteiger partial charge is 0.282 e. The molecule has 2 aromatic rings. The Labute approximate surface area is 136 Å². The number of amides is 2. The lowest BCUT2D eigenvalue weighted by atomic mass is 10.1. The lowest BCUT2D eigenvalue weighted by molar-refractivity contribution is -0.385. The summed E-state index contributed by atoms with van der Waals surface area (Å²) in [6.07, 6.45) is 0. The molecule has 0 saturated carbocycles. The van der Waals surface area contributed by atoms with Crippen LogP contribution in [0, 0.1) is 17.0 Å². The number of ketones is 1. The molecule has 0 atom stereocenters. The fourth-order valence-electron chi connectivity index (χ4n) is 2.59. The minimum absolute atomic E-state index is 0.0501. The first-order valence-corrected chi connectivity index (χ1v) is 7.13. The van der Waals surface area contributed by atoms with Crippen molar-refractivity contribution in [3.8, 4) is 0 Å². The SMILES string of the molecule is Cc1ccc(C(=O)CN2C(=O)c3cccc([N+](=O)[O-])c3C2=O)cc1. The van der Waals surface area contributed by atoms with Crippen molar-refractivity contribution in [3.05, 3.63) is 74.8 Å². The summed E-state index contributed by atoms with van der Waals surface area (Å²) in [5.74, 6) is -1.92. The summed E-state index contributed by atoms with van der Waals surface area (Å²) >= 11 is 0. The number of carbonyl (C=O) groups excluding carboxylic acids is 3. The quantitative estimate of drug-likeness (QED) is 0.372. The minimum atomic E-state index is -0.817. The molecule has 1 heterocycles. The number of rotatable bonds is 4. The lowest BCUT2D eigenvalue weighted by Gasteiger charge is -2.12. The van der Waals surface area contributed by atoms with Gasteiger partial charge in [0, 0.05) is 11.6 Å². The molecule has 7 nitrogen and oxygen atoms in total. The van der Waals surface area contributed by atoms with E-state index < -0.39 is 34.8 Å². The van der Waals surface area contributed by atoms with Gasteiger partial charge in [-0.2, -0.15) is 0 Å². The Morgan fingerprint density at radius 1 is 1.08 bits per heavy atom. The number of fused-ring (bicyclic) bond motifs is 1. The first-order chi connectivity index (χ1) is 11.4. The second-order valence-electron chi connectivity index (χ2n) is 5.44. The Morgan fingerprint density at radius 3 is 2.38 bits per heavy atom. The standard InChI is InChI=1S/C17H12N2O5/c1-10-5-7-11(8-6-10)14(20)9-18-16(21)12-3-2-4-13(19(23)24)15(12)17(18)22/h2-8H,9H2,1H3. The van der Waals surface area contributed by atoms with Crippen molar-refractivity contribution in [2.45, 2.75) is 6.92 Å². The van der Waals surface area contributed by atoms with Crippen LogP contribution >= 0.6 is 0 Å². The number of hydrogen-bond acceptors (Lipinski definition) is 5. The summed E-state index contributed by atoms with van der Waals surface area (Å²) in [6.45, 7) is 1.42. The summed E-state index contributed by atoms with van der Waals surface area (Å²) in [5, 5.41) is 11.1. The molecule has 0 aromatic heterocycles. The van der Waals surface area contributed by atoms with Gasteiger partial charge in [-0.3, -0.25) is 29.4 Å². The summed E-state index contributed by atoms with van der Waals surface area (Å²) in [6, 6.07) is 10.6. The number of benzene rings is 2. The zero-order valence-corrected chi connectivity index (χ0v) is 12.7. The van der Waals surface area contributed by atoms with Crippen LogP contribution in [0.5, 0.6) is 0 Å². The average Bonchev–Trinajstić information content (AvgIpc) is 2.80. The number of hydrogen-bond donors (Lipinski definition) is 0. The number of Topliss-reactive ketones (excluding diaryl/α,β-unsaturated/α-hetero) is 1. The Morgan fingerprint density at radius 2 is 1.75 bits per heavy atom. The maximum atomic E-state index is 12.4. The van der Waals surface area contributed by atoms with Crippen molar-refractivity contribution in [1.29, 1.82) is 0 Å².